The van der Waals surface area contributed by atoms with Crippen molar-refractivity contribution in [1.82, 2.24) is 0 Å². The van der Waals surface area contributed by atoms with Crippen LogP contribution in [-0.4, -0.2) is 51.4 Å². The zero-order chi connectivity index (χ0) is 4.24. The van der Waals surface area contributed by atoms with Crippen LogP contribution in [0.1, 0.15) is 0 Å². The second-order valence-corrected chi connectivity index (χ2v) is 1.00. The first-order valence-corrected chi connectivity index (χ1v) is 1.82. The third-order valence-corrected chi connectivity index (χ3v) is 0.552. The van der Waals surface area contributed by atoms with Crippen LogP contribution >= 0.6 is 0 Å². The van der Waals surface area contributed by atoms with E-state index in [0.717, 1.165) is 0 Å². The molecule has 35 valence electrons. The van der Waals surface area contributed by atoms with Crippen molar-refractivity contribution in [2.45, 2.75) is 0 Å². The Kier molecular flexibility index (Phi) is 28.7. The van der Waals surface area contributed by atoms with E-state index in [4.69, 9.17) is 0 Å². The van der Waals surface area contributed by atoms with E-state index in [0.29, 0.717) is 0 Å². The van der Waals surface area contributed by atoms with Crippen molar-refractivity contribution >= 4 is 51.4 Å². The molecule has 0 amide bonds. The summed E-state index contributed by atoms with van der Waals surface area (Å²) in [6, 6.07) is 13.0. The van der Waals surface area contributed by atoms with Crippen molar-refractivity contribution in [3.63, 3.8) is 0 Å². The summed E-state index contributed by atoms with van der Waals surface area (Å²) in [4.78, 5) is 0. The SMILES string of the molecule is [K+].[K].[U].[c-]1c[c-]ccc1. The van der Waals surface area contributed by atoms with Crippen LogP contribution in [0.5, 0.6) is 0 Å². The number of benzene rings is 1. The number of hydrogen-bond donors (Lipinski definition) is 0. The van der Waals surface area contributed by atoms with E-state index < -0.39 is 0 Å². The minimum Gasteiger partial charge on any atom is -0.359 e. The van der Waals surface area contributed by atoms with Crippen molar-refractivity contribution in [1.29, 1.82) is 0 Å². The number of hydrogen-bond acceptors (Lipinski definition) is 0. The molecular formula is C6H4K2U-. The van der Waals surface area contributed by atoms with Crippen LogP contribution in [0.3, 0.4) is 0 Å². The topological polar surface area (TPSA) is 0 Å². The van der Waals surface area contributed by atoms with Gasteiger partial charge in [0, 0.05) is 82.5 Å². The third kappa shape index (κ3) is 11.5. The van der Waals surface area contributed by atoms with E-state index in [1.165, 1.54) is 0 Å². The van der Waals surface area contributed by atoms with Gasteiger partial charge in [0.25, 0.3) is 0 Å². The summed E-state index contributed by atoms with van der Waals surface area (Å²) in [6.45, 7) is 0. The van der Waals surface area contributed by atoms with E-state index in [1.54, 1.807) is 6.07 Å². The fourth-order valence-corrected chi connectivity index (χ4v) is 0.304. The van der Waals surface area contributed by atoms with E-state index in [-0.39, 0.29) is 134 Å². The van der Waals surface area contributed by atoms with Crippen LogP contribution in [0.2, 0.25) is 0 Å². The van der Waals surface area contributed by atoms with Crippen LogP contribution < -0.4 is 51.4 Å². The molecule has 3 heteroatoms. The zero-order valence-electron chi connectivity index (χ0n) is 5.81. The first-order valence-electron chi connectivity index (χ1n) is 1.82. The Bertz CT molecular complexity index is 83.0. The molecule has 1 rings (SSSR count). The van der Waals surface area contributed by atoms with Gasteiger partial charge in [-0.3, -0.25) is 18.2 Å². The fraction of sp³-hybridized carbons (Fsp3) is 0. The first kappa shape index (κ1) is 18.4. The van der Waals surface area contributed by atoms with Gasteiger partial charge >= 0.3 is 51.4 Å². The molecule has 0 nitrogen and oxygen atoms in total. The van der Waals surface area contributed by atoms with E-state index in [1.807, 2.05) is 18.2 Å². The Hall–Kier alpha value is 3.54. The predicted molar refractivity (Wildman–Crippen MR) is 29.9 cm³/mol. The summed E-state index contributed by atoms with van der Waals surface area (Å²) in [5, 5.41) is 0. The van der Waals surface area contributed by atoms with Crippen molar-refractivity contribution in [3.8, 4) is 0 Å². The Labute approximate surface area is 165 Å². The molecule has 0 aliphatic carbocycles. The molecule has 0 spiro atoms. The average molecular weight is 392 g/mol. The summed E-state index contributed by atoms with van der Waals surface area (Å²) in [6.07, 6.45) is 0. The maximum Gasteiger partial charge on any atom is 1.00 e. The molecule has 0 aromatic heterocycles. The molecule has 1 aromatic rings. The quantitative estimate of drug-likeness (QED) is 0.351. The van der Waals surface area contributed by atoms with E-state index in [2.05, 4.69) is 12.1 Å². The predicted octanol–water partition coefficient (Wildman–Crippen LogP) is -2.09. The van der Waals surface area contributed by atoms with Crippen molar-refractivity contribution < 1.29 is 82.5 Å². The molecule has 1 radical (unpaired) electrons. The van der Waals surface area contributed by atoms with Crippen LogP contribution in [0.25, 0.3) is 0 Å². The second kappa shape index (κ2) is 14.1. The summed E-state index contributed by atoms with van der Waals surface area (Å²) < 4.78 is 0. The summed E-state index contributed by atoms with van der Waals surface area (Å²) in [5.74, 6) is 0. The normalized spacial score (nSPS) is 5.33. The summed E-state index contributed by atoms with van der Waals surface area (Å²) in [7, 11) is 0. The second-order valence-electron chi connectivity index (χ2n) is 1.00. The van der Waals surface area contributed by atoms with Gasteiger partial charge in [0.1, 0.15) is 0 Å². The molecule has 0 unspecified atom stereocenters. The molecule has 0 fully saturated rings. The van der Waals surface area contributed by atoms with Gasteiger partial charge in [-0.15, -0.1) is 0 Å². The average Bonchev–Trinajstić information content (AvgIpc) is 1.72. The van der Waals surface area contributed by atoms with E-state index >= 15 is 0 Å². The molecular weight excluding hydrogens is 388 g/mol. The Morgan fingerprint density at radius 3 is 1.56 bits per heavy atom. The minimum absolute atomic E-state index is 0. The molecule has 0 aliphatic rings. The smallest absolute Gasteiger partial charge is 0.359 e. The van der Waals surface area contributed by atoms with Crippen molar-refractivity contribution in [2.75, 3.05) is 0 Å². The fourth-order valence-electron chi connectivity index (χ4n) is 0.304. The maximum atomic E-state index is 2.84. The van der Waals surface area contributed by atoms with Gasteiger partial charge in [-0.25, -0.2) is 0 Å². The van der Waals surface area contributed by atoms with Gasteiger partial charge in [-0.05, 0) is 0 Å². The Morgan fingerprint density at radius 2 is 1.44 bits per heavy atom. The Morgan fingerprint density at radius 1 is 1.00 bits per heavy atom. The first-order chi connectivity index (χ1) is 3.00. The van der Waals surface area contributed by atoms with Crippen molar-refractivity contribution in [3.05, 3.63) is 36.4 Å². The van der Waals surface area contributed by atoms with E-state index in [9.17, 15) is 0 Å². The monoisotopic (exact) mass is 392 g/mol. The Balaban J connectivity index is -0.000000120. The van der Waals surface area contributed by atoms with Crippen LogP contribution in [0.4, 0.5) is 0 Å². The van der Waals surface area contributed by atoms with Gasteiger partial charge in [0.15, 0.2) is 0 Å². The molecule has 0 saturated heterocycles. The molecule has 0 saturated carbocycles. The molecule has 1 aromatic carbocycles. The molecule has 0 bridgehead atoms. The van der Waals surface area contributed by atoms with Gasteiger partial charge in [-0.1, -0.05) is 0 Å². The molecule has 0 aliphatic heterocycles. The third-order valence-electron chi connectivity index (χ3n) is 0.552. The zero-order valence-corrected chi connectivity index (χ0v) is 16.2. The minimum atomic E-state index is 0. The van der Waals surface area contributed by atoms with Crippen LogP contribution in [0.15, 0.2) is 24.3 Å². The van der Waals surface area contributed by atoms with Gasteiger partial charge in [-0.2, -0.15) is 0 Å². The van der Waals surface area contributed by atoms with Gasteiger partial charge < -0.3 is 18.2 Å². The summed E-state index contributed by atoms with van der Waals surface area (Å²) >= 11 is 0. The molecule has 0 heterocycles. The summed E-state index contributed by atoms with van der Waals surface area (Å²) in [5.41, 5.74) is 0. The molecule has 9 heavy (non-hydrogen) atoms. The van der Waals surface area contributed by atoms with Crippen LogP contribution in [-0.2, 0) is 0 Å². The standard InChI is InChI=1S/C6H4.2K.U/c1-2-4-6-5-3-1;;;/h1-3,6H;;;/q-2;;+1;. The van der Waals surface area contributed by atoms with Gasteiger partial charge in [0.2, 0.25) is 0 Å². The molecule has 0 N–H and O–H groups in total. The van der Waals surface area contributed by atoms with Crippen LogP contribution in [0, 0.1) is 43.2 Å². The largest absolute Gasteiger partial charge is 1.00 e. The maximum absolute atomic E-state index is 2.84. The van der Waals surface area contributed by atoms with Gasteiger partial charge in [0.05, 0.1) is 0 Å². The molecule has 0 atom stereocenters. The number of rotatable bonds is 0. The van der Waals surface area contributed by atoms with Crippen molar-refractivity contribution in [2.24, 2.45) is 0 Å².